The summed E-state index contributed by atoms with van der Waals surface area (Å²) in [5.74, 6) is -0.255. The van der Waals surface area contributed by atoms with Crippen LogP contribution in [0.4, 0.5) is 4.39 Å². The Morgan fingerprint density at radius 3 is 2.29 bits per heavy atom. The Bertz CT molecular complexity index is 781. The summed E-state index contributed by atoms with van der Waals surface area (Å²) >= 11 is 0. The van der Waals surface area contributed by atoms with Crippen molar-refractivity contribution in [2.45, 2.75) is 18.9 Å². The van der Waals surface area contributed by atoms with Gasteiger partial charge in [0.05, 0.1) is 5.54 Å². The van der Waals surface area contributed by atoms with Crippen molar-refractivity contribution in [1.82, 2.24) is 0 Å². The molecule has 0 radical (unpaired) electrons. The molecule has 0 saturated heterocycles. The normalized spacial score (nSPS) is 14.0. The van der Waals surface area contributed by atoms with Gasteiger partial charge in [-0.05, 0) is 34.9 Å². The minimum Gasteiger partial charge on any atom is -0.318 e. The van der Waals surface area contributed by atoms with Crippen LogP contribution in [-0.2, 0) is 5.54 Å². The van der Waals surface area contributed by atoms with Gasteiger partial charge in [-0.15, -0.1) is 0 Å². The zero-order valence-corrected chi connectivity index (χ0v) is 12.0. The molecule has 0 aliphatic carbocycles. The molecule has 0 bridgehead atoms. The van der Waals surface area contributed by atoms with E-state index in [1.807, 2.05) is 37.3 Å². The molecule has 1 nitrogen and oxygen atoms in total. The molecule has 2 heteroatoms. The van der Waals surface area contributed by atoms with Crippen LogP contribution in [0.25, 0.3) is 10.8 Å². The average molecular weight is 279 g/mol. The van der Waals surface area contributed by atoms with Crippen LogP contribution in [-0.4, -0.2) is 0 Å². The van der Waals surface area contributed by atoms with Gasteiger partial charge in [0, 0.05) is 5.56 Å². The Morgan fingerprint density at radius 1 is 0.905 bits per heavy atom. The summed E-state index contributed by atoms with van der Waals surface area (Å²) in [5.41, 5.74) is 7.26. The van der Waals surface area contributed by atoms with E-state index in [2.05, 4.69) is 18.2 Å². The highest BCUT2D eigenvalue weighted by Gasteiger charge is 2.30. The Balaban J connectivity index is 2.19. The second kappa shape index (κ2) is 5.30. The first-order valence-corrected chi connectivity index (χ1v) is 7.18. The first-order valence-electron chi connectivity index (χ1n) is 7.18. The smallest absolute Gasteiger partial charge is 0.128 e. The molecule has 0 fully saturated rings. The monoisotopic (exact) mass is 279 g/mol. The maximum Gasteiger partial charge on any atom is 0.128 e. The van der Waals surface area contributed by atoms with Crippen molar-refractivity contribution in [3.05, 3.63) is 83.7 Å². The zero-order valence-electron chi connectivity index (χ0n) is 12.0. The van der Waals surface area contributed by atoms with Crippen molar-refractivity contribution in [3.8, 4) is 0 Å². The van der Waals surface area contributed by atoms with Gasteiger partial charge < -0.3 is 5.73 Å². The fourth-order valence-corrected chi connectivity index (χ4v) is 2.84. The van der Waals surface area contributed by atoms with Gasteiger partial charge in [0.2, 0.25) is 0 Å². The van der Waals surface area contributed by atoms with E-state index in [1.54, 1.807) is 12.1 Å². The second-order valence-electron chi connectivity index (χ2n) is 5.37. The highest BCUT2D eigenvalue weighted by Crippen LogP contribution is 2.33. The molecule has 0 amide bonds. The van der Waals surface area contributed by atoms with E-state index in [1.165, 1.54) is 6.07 Å². The summed E-state index contributed by atoms with van der Waals surface area (Å²) in [6.45, 7) is 1.99. The summed E-state index contributed by atoms with van der Waals surface area (Å²) in [6.07, 6.45) is 0.631. The van der Waals surface area contributed by atoms with Gasteiger partial charge in [-0.2, -0.15) is 0 Å². The van der Waals surface area contributed by atoms with E-state index in [-0.39, 0.29) is 5.82 Å². The number of benzene rings is 3. The predicted molar refractivity (Wildman–Crippen MR) is 85.6 cm³/mol. The standard InChI is InChI=1S/C19H18FN/c1-2-19(21,17-9-5-6-10-18(17)20)16-12-11-14-7-3-4-8-15(14)13-16/h3-13H,2,21H2,1H3. The van der Waals surface area contributed by atoms with Crippen LogP contribution in [0.15, 0.2) is 66.7 Å². The van der Waals surface area contributed by atoms with E-state index in [0.717, 1.165) is 16.3 Å². The third-order valence-electron chi connectivity index (χ3n) is 4.18. The molecule has 0 heterocycles. The van der Waals surface area contributed by atoms with E-state index >= 15 is 0 Å². The molecule has 106 valence electrons. The van der Waals surface area contributed by atoms with Crippen LogP contribution < -0.4 is 5.73 Å². The lowest BCUT2D eigenvalue weighted by Gasteiger charge is -2.30. The summed E-state index contributed by atoms with van der Waals surface area (Å²) in [7, 11) is 0. The molecule has 3 aromatic carbocycles. The van der Waals surface area contributed by atoms with Gasteiger partial charge in [0.25, 0.3) is 0 Å². The maximum atomic E-state index is 14.2. The Morgan fingerprint density at radius 2 is 1.57 bits per heavy atom. The summed E-state index contributed by atoms with van der Waals surface area (Å²) in [4.78, 5) is 0. The molecule has 0 aliphatic heterocycles. The molecule has 0 aliphatic rings. The Labute approximate surface area is 124 Å². The topological polar surface area (TPSA) is 26.0 Å². The van der Waals surface area contributed by atoms with Gasteiger partial charge in [-0.1, -0.05) is 61.5 Å². The molecule has 21 heavy (non-hydrogen) atoms. The molecular formula is C19H18FN. The second-order valence-corrected chi connectivity index (χ2v) is 5.37. The summed E-state index contributed by atoms with van der Waals surface area (Å²) in [5, 5.41) is 2.28. The van der Waals surface area contributed by atoms with Crippen molar-refractivity contribution < 1.29 is 4.39 Å². The minimum atomic E-state index is -0.810. The lowest BCUT2D eigenvalue weighted by molar-refractivity contribution is 0.480. The fourth-order valence-electron chi connectivity index (χ4n) is 2.84. The molecule has 2 N–H and O–H groups in total. The van der Waals surface area contributed by atoms with Gasteiger partial charge >= 0.3 is 0 Å². The molecule has 0 aromatic heterocycles. The van der Waals surface area contributed by atoms with Crippen molar-refractivity contribution in [2.24, 2.45) is 5.73 Å². The molecule has 1 unspecified atom stereocenters. The van der Waals surface area contributed by atoms with E-state index < -0.39 is 5.54 Å². The quantitative estimate of drug-likeness (QED) is 0.745. The van der Waals surface area contributed by atoms with Crippen LogP contribution in [0.5, 0.6) is 0 Å². The summed E-state index contributed by atoms with van der Waals surface area (Å²) < 4.78 is 14.2. The molecule has 3 rings (SSSR count). The number of halogens is 1. The van der Waals surface area contributed by atoms with Crippen LogP contribution in [0.1, 0.15) is 24.5 Å². The average Bonchev–Trinajstić information content (AvgIpc) is 2.54. The first kappa shape index (κ1) is 13.8. The van der Waals surface area contributed by atoms with Crippen LogP contribution in [0.2, 0.25) is 0 Å². The van der Waals surface area contributed by atoms with Gasteiger partial charge in [-0.25, -0.2) is 4.39 Å². The largest absolute Gasteiger partial charge is 0.318 e. The molecule has 3 aromatic rings. The predicted octanol–water partition coefficient (Wildman–Crippen LogP) is 4.59. The minimum absolute atomic E-state index is 0.255. The van der Waals surface area contributed by atoms with Crippen molar-refractivity contribution in [3.63, 3.8) is 0 Å². The van der Waals surface area contributed by atoms with Crippen molar-refractivity contribution in [2.75, 3.05) is 0 Å². The maximum absolute atomic E-state index is 14.2. The number of rotatable bonds is 3. The summed E-state index contributed by atoms with van der Waals surface area (Å²) in [6, 6.07) is 21.0. The van der Waals surface area contributed by atoms with Crippen LogP contribution >= 0.6 is 0 Å². The molecule has 0 saturated carbocycles. The van der Waals surface area contributed by atoms with Gasteiger partial charge in [0.15, 0.2) is 0 Å². The highest BCUT2D eigenvalue weighted by molar-refractivity contribution is 5.83. The molecule has 0 spiro atoms. The van der Waals surface area contributed by atoms with Gasteiger partial charge in [-0.3, -0.25) is 0 Å². The highest BCUT2D eigenvalue weighted by atomic mass is 19.1. The van der Waals surface area contributed by atoms with Crippen LogP contribution in [0, 0.1) is 5.82 Å². The number of hydrogen-bond donors (Lipinski definition) is 1. The number of hydrogen-bond acceptors (Lipinski definition) is 1. The van der Waals surface area contributed by atoms with Crippen molar-refractivity contribution in [1.29, 1.82) is 0 Å². The van der Waals surface area contributed by atoms with E-state index in [4.69, 9.17) is 5.73 Å². The Kier molecular flexibility index (Phi) is 3.48. The molecular weight excluding hydrogens is 261 g/mol. The third-order valence-corrected chi connectivity index (χ3v) is 4.18. The number of nitrogens with two attached hydrogens (primary N) is 1. The lowest BCUT2D eigenvalue weighted by Crippen LogP contribution is -2.38. The zero-order chi connectivity index (χ0) is 14.9. The molecule has 1 atom stereocenters. The Hall–Kier alpha value is -2.19. The first-order chi connectivity index (χ1) is 10.1. The van der Waals surface area contributed by atoms with Crippen LogP contribution in [0.3, 0.4) is 0 Å². The van der Waals surface area contributed by atoms with E-state index in [0.29, 0.717) is 12.0 Å². The lowest BCUT2D eigenvalue weighted by atomic mass is 9.80. The number of fused-ring (bicyclic) bond motifs is 1. The third kappa shape index (κ3) is 2.32. The van der Waals surface area contributed by atoms with Gasteiger partial charge in [0.1, 0.15) is 5.82 Å². The van der Waals surface area contributed by atoms with E-state index in [9.17, 15) is 4.39 Å². The fraction of sp³-hybridized carbons (Fsp3) is 0.158. The van der Waals surface area contributed by atoms with Crippen molar-refractivity contribution >= 4 is 10.8 Å². The SMILES string of the molecule is CCC(N)(c1ccc2ccccc2c1)c1ccccc1F.